The van der Waals surface area contributed by atoms with Crippen molar-refractivity contribution in [1.29, 1.82) is 0 Å². The summed E-state index contributed by atoms with van der Waals surface area (Å²) in [5.41, 5.74) is 2.78. The molecule has 0 aliphatic heterocycles. The standard InChI is InChI=1S/C30H34Cl2N2O3S/c1-4-21(2)33-30(36)28(16-22-9-6-5-7-10-22)34(18-23-11-8-12-26(15-23)37-3)29(35)20-38-19-24-13-14-25(31)17-27(24)32/h5-15,17,21,28H,4,16,18-20H2,1-3H3,(H,33,36)/t21-,28+/m0/s1. The van der Waals surface area contributed by atoms with Gasteiger partial charge in [0.15, 0.2) is 0 Å². The van der Waals surface area contributed by atoms with E-state index in [1.165, 1.54) is 11.8 Å². The SMILES string of the molecule is CC[C@H](C)NC(=O)[C@@H](Cc1ccccc1)N(Cc1cccc(OC)c1)C(=O)CSCc1ccc(Cl)cc1Cl. The third-order valence-corrected chi connectivity index (χ3v) is 7.81. The number of amides is 2. The van der Waals surface area contributed by atoms with Gasteiger partial charge >= 0.3 is 0 Å². The zero-order chi connectivity index (χ0) is 27.5. The predicted octanol–water partition coefficient (Wildman–Crippen LogP) is 6.79. The summed E-state index contributed by atoms with van der Waals surface area (Å²) in [7, 11) is 1.61. The van der Waals surface area contributed by atoms with Crippen molar-refractivity contribution in [3.05, 3.63) is 99.5 Å². The molecule has 8 heteroatoms. The molecule has 202 valence electrons. The van der Waals surface area contributed by atoms with Crippen molar-refractivity contribution in [2.45, 2.75) is 51.1 Å². The van der Waals surface area contributed by atoms with Crippen molar-refractivity contribution in [1.82, 2.24) is 10.2 Å². The van der Waals surface area contributed by atoms with Crippen LogP contribution in [-0.4, -0.2) is 41.7 Å². The van der Waals surface area contributed by atoms with E-state index in [0.29, 0.717) is 28.0 Å². The zero-order valence-electron chi connectivity index (χ0n) is 22.0. The highest BCUT2D eigenvalue weighted by Crippen LogP contribution is 2.26. The number of nitrogens with zero attached hydrogens (tertiary/aromatic N) is 1. The number of benzene rings is 3. The minimum atomic E-state index is -0.676. The summed E-state index contributed by atoms with van der Waals surface area (Å²) in [5, 5.41) is 4.23. The van der Waals surface area contributed by atoms with Crippen molar-refractivity contribution in [2.24, 2.45) is 0 Å². The van der Waals surface area contributed by atoms with Crippen LogP contribution in [0.1, 0.15) is 37.0 Å². The van der Waals surface area contributed by atoms with Gasteiger partial charge in [-0.25, -0.2) is 0 Å². The molecule has 0 aromatic heterocycles. The van der Waals surface area contributed by atoms with Crippen LogP contribution < -0.4 is 10.1 Å². The second-order valence-corrected chi connectivity index (χ2v) is 11.0. The van der Waals surface area contributed by atoms with E-state index in [1.54, 1.807) is 24.1 Å². The molecule has 3 rings (SSSR count). The van der Waals surface area contributed by atoms with Crippen LogP contribution in [0.25, 0.3) is 0 Å². The molecule has 0 spiro atoms. The zero-order valence-corrected chi connectivity index (χ0v) is 24.3. The Labute approximate surface area is 239 Å². The molecule has 2 amide bonds. The number of nitrogens with one attached hydrogen (secondary N) is 1. The molecule has 0 fully saturated rings. The molecular weight excluding hydrogens is 539 g/mol. The summed E-state index contributed by atoms with van der Waals surface area (Å²) in [4.78, 5) is 29.0. The Morgan fingerprint density at radius 1 is 1.00 bits per heavy atom. The Morgan fingerprint density at radius 2 is 1.74 bits per heavy atom. The fourth-order valence-electron chi connectivity index (χ4n) is 3.93. The molecule has 38 heavy (non-hydrogen) atoms. The minimum Gasteiger partial charge on any atom is -0.497 e. The topological polar surface area (TPSA) is 58.6 Å². The van der Waals surface area contributed by atoms with Gasteiger partial charge in [0.25, 0.3) is 0 Å². The molecule has 2 atom stereocenters. The minimum absolute atomic E-state index is 0.00373. The van der Waals surface area contributed by atoms with E-state index in [2.05, 4.69) is 5.32 Å². The van der Waals surface area contributed by atoms with Crippen molar-refractivity contribution in [3.63, 3.8) is 0 Å². The van der Waals surface area contributed by atoms with Gasteiger partial charge in [0.2, 0.25) is 11.8 Å². The number of methoxy groups -OCH3 is 1. The molecule has 3 aromatic rings. The van der Waals surface area contributed by atoms with Crippen LogP contribution in [-0.2, 0) is 28.3 Å². The van der Waals surface area contributed by atoms with Gasteiger partial charge in [-0.3, -0.25) is 9.59 Å². The average Bonchev–Trinajstić information content (AvgIpc) is 2.92. The van der Waals surface area contributed by atoms with E-state index in [0.717, 1.165) is 23.1 Å². The maximum atomic E-state index is 13.8. The number of hydrogen-bond acceptors (Lipinski definition) is 4. The summed E-state index contributed by atoms with van der Waals surface area (Å²) in [6.07, 6.45) is 1.21. The average molecular weight is 574 g/mol. The first-order chi connectivity index (χ1) is 18.3. The monoisotopic (exact) mass is 572 g/mol. The largest absolute Gasteiger partial charge is 0.497 e. The summed E-state index contributed by atoms with van der Waals surface area (Å²) in [6.45, 7) is 4.27. The van der Waals surface area contributed by atoms with E-state index in [4.69, 9.17) is 27.9 Å². The second kappa shape index (κ2) is 15.1. The van der Waals surface area contributed by atoms with Crippen LogP contribution >= 0.6 is 35.0 Å². The van der Waals surface area contributed by atoms with Crippen molar-refractivity contribution < 1.29 is 14.3 Å². The highest BCUT2D eigenvalue weighted by atomic mass is 35.5. The summed E-state index contributed by atoms with van der Waals surface area (Å²) in [6, 6.07) is 22.0. The molecule has 0 aliphatic carbocycles. The van der Waals surface area contributed by atoms with Crippen LogP contribution in [0.4, 0.5) is 0 Å². The molecule has 0 bridgehead atoms. The van der Waals surface area contributed by atoms with E-state index in [-0.39, 0.29) is 30.2 Å². The molecule has 0 heterocycles. The molecule has 0 saturated heterocycles. The van der Waals surface area contributed by atoms with Crippen molar-refractivity contribution in [3.8, 4) is 5.75 Å². The van der Waals surface area contributed by atoms with Gasteiger partial charge in [-0.2, -0.15) is 0 Å². The van der Waals surface area contributed by atoms with Gasteiger partial charge in [0.1, 0.15) is 11.8 Å². The first-order valence-corrected chi connectivity index (χ1v) is 14.5. The molecular formula is C30H34Cl2N2O3S. The maximum Gasteiger partial charge on any atom is 0.243 e. The van der Waals surface area contributed by atoms with Gasteiger partial charge in [-0.15, -0.1) is 11.8 Å². The van der Waals surface area contributed by atoms with Gasteiger partial charge < -0.3 is 15.0 Å². The lowest BCUT2D eigenvalue weighted by molar-refractivity contribution is -0.139. The number of rotatable bonds is 13. The van der Waals surface area contributed by atoms with E-state index in [1.807, 2.05) is 74.5 Å². The second-order valence-electron chi connectivity index (χ2n) is 9.13. The Balaban J connectivity index is 1.88. The quantitative estimate of drug-likeness (QED) is 0.245. The molecule has 5 nitrogen and oxygen atoms in total. The smallest absolute Gasteiger partial charge is 0.243 e. The Bertz CT molecular complexity index is 1210. The van der Waals surface area contributed by atoms with Crippen LogP contribution in [0, 0.1) is 0 Å². The Kier molecular flexibility index (Phi) is 11.8. The normalized spacial score (nSPS) is 12.4. The number of thioether (sulfide) groups is 1. The van der Waals surface area contributed by atoms with E-state index >= 15 is 0 Å². The van der Waals surface area contributed by atoms with Gasteiger partial charge in [0, 0.05) is 34.8 Å². The summed E-state index contributed by atoms with van der Waals surface area (Å²) in [5.74, 6) is 1.17. The maximum absolute atomic E-state index is 13.8. The lowest BCUT2D eigenvalue weighted by Crippen LogP contribution is -2.52. The molecule has 0 aliphatic rings. The first-order valence-electron chi connectivity index (χ1n) is 12.6. The third kappa shape index (κ3) is 8.97. The van der Waals surface area contributed by atoms with E-state index in [9.17, 15) is 9.59 Å². The predicted molar refractivity (Wildman–Crippen MR) is 158 cm³/mol. The van der Waals surface area contributed by atoms with E-state index < -0.39 is 6.04 Å². The molecule has 1 N–H and O–H groups in total. The lowest BCUT2D eigenvalue weighted by Gasteiger charge is -2.32. The molecule has 0 saturated carbocycles. The summed E-state index contributed by atoms with van der Waals surface area (Å²) < 4.78 is 5.39. The number of carbonyl (C=O) groups excluding carboxylic acids is 2. The van der Waals surface area contributed by atoms with Gasteiger partial charge in [-0.1, -0.05) is 78.7 Å². The van der Waals surface area contributed by atoms with Gasteiger partial charge in [-0.05, 0) is 54.3 Å². The fourth-order valence-corrected chi connectivity index (χ4v) is 5.40. The number of ether oxygens (including phenoxy) is 1. The van der Waals surface area contributed by atoms with Gasteiger partial charge in [0.05, 0.1) is 12.9 Å². The fraction of sp³-hybridized carbons (Fsp3) is 0.333. The highest BCUT2D eigenvalue weighted by molar-refractivity contribution is 7.99. The Hall–Kier alpha value is -2.67. The molecule has 0 unspecified atom stereocenters. The summed E-state index contributed by atoms with van der Waals surface area (Å²) >= 11 is 13.8. The molecule has 0 radical (unpaired) electrons. The molecule has 3 aromatic carbocycles. The van der Waals surface area contributed by atoms with Crippen LogP contribution in [0.15, 0.2) is 72.8 Å². The van der Waals surface area contributed by atoms with Crippen molar-refractivity contribution >= 4 is 46.8 Å². The van der Waals surface area contributed by atoms with Crippen LogP contribution in [0.5, 0.6) is 5.75 Å². The third-order valence-electron chi connectivity index (χ3n) is 6.26. The Morgan fingerprint density at radius 3 is 2.42 bits per heavy atom. The first kappa shape index (κ1) is 29.9. The lowest BCUT2D eigenvalue weighted by atomic mass is 10.0. The number of hydrogen-bond donors (Lipinski definition) is 1. The number of halogens is 2. The van der Waals surface area contributed by atoms with Crippen LogP contribution in [0.2, 0.25) is 10.0 Å². The highest BCUT2D eigenvalue weighted by Gasteiger charge is 2.31. The van der Waals surface area contributed by atoms with Crippen molar-refractivity contribution in [2.75, 3.05) is 12.9 Å². The number of carbonyl (C=O) groups is 2. The van der Waals surface area contributed by atoms with Crippen LogP contribution in [0.3, 0.4) is 0 Å².